The third kappa shape index (κ3) is 1.43. The minimum atomic E-state index is -2.95. The highest BCUT2D eigenvalue weighted by molar-refractivity contribution is 7.90. The number of nitrogens with zero attached hydrogens (tertiary/aromatic N) is 2. The summed E-state index contributed by atoms with van der Waals surface area (Å²) in [6.45, 7) is 0. The molecule has 2 N–H and O–H groups in total. The van der Waals surface area contributed by atoms with Gasteiger partial charge in [0.25, 0.3) is 0 Å². The van der Waals surface area contributed by atoms with Crippen LogP contribution in [0.4, 0.5) is 5.82 Å². The summed E-state index contributed by atoms with van der Waals surface area (Å²) < 4.78 is 24.8. The number of anilines is 1. The average Bonchev–Trinajstić information content (AvgIpc) is 2.39. The smallest absolute Gasteiger partial charge is 0.156 e. The SMILES string of the molecule is Nc1c2c(nn1C1CCC1)CS(=O)(=O)CC2. The van der Waals surface area contributed by atoms with Crippen molar-refractivity contribution in [1.82, 2.24) is 9.78 Å². The molecule has 1 aromatic rings. The van der Waals surface area contributed by atoms with Crippen molar-refractivity contribution in [2.45, 2.75) is 37.5 Å². The van der Waals surface area contributed by atoms with Crippen molar-refractivity contribution < 1.29 is 8.42 Å². The number of nitrogens with two attached hydrogens (primary N) is 1. The molecule has 0 radical (unpaired) electrons. The quantitative estimate of drug-likeness (QED) is 0.783. The third-order valence-corrected chi connectivity index (χ3v) is 5.11. The first kappa shape index (κ1) is 10.1. The van der Waals surface area contributed by atoms with Gasteiger partial charge in [-0.05, 0) is 25.7 Å². The number of nitrogen functional groups attached to an aromatic ring is 1. The van der Waals surface area contributed by atoms with Crippen LogP contribution in [-0.4, -0.2) is 24.0 Å². The predicted octanol–water partition coefficient (Wildman–Crippen LogP) is 0.661. The number of rotatable bonds is 1. The molecule has 0 aromatic carbocycles. The van der Waals surface area contributed by atoms with Gasteiger partial charge in [0.1, 0.15) is 5.82 Å². The first-order valence-corrected chi connectivity index (χ1v) is 7.45. The summed E-state index contributed by atoms with van der Waals surface area (Å²) in [4.78, 5) is 0. The van der Waals surface area contributed by atoms with Crippen molar-refractivity contribution in [2.75, 3.05) is 11.5 Å². The van der Waals surface area contributed by atoms with Gasteiger partial charge in [-0.3, -0.25) is 0 Å². The van der Waals surface area contributed by atoms with Crippen LogP contribution >= 0.6 is 0 Å². The van der Waals surface area contributed by atoms with E-state index in [4.69, 9.17) is 5.73 Å². The van der Waals surface area contributed by atoms with E-state index in [2.05, 4.69) is 5.10 Å². The van der Waals surface area contributed by atoms with Crippen LogP contribution in [0.15, 0.2) is 0 Å². The molecule has 2 heterocycles. The topological polar surface area (TPSA) is 78.0 Å². The average molecular weight is 241 g/mol. The van der Waals surface area contributed by atoms with Crippen molar-refractivity contribution in [3.8, 4) is 0 Å². The second-order valence-corrected chi connectivity index (χ2v) is 6.87. The number of hydrogen-bond acceptors (Lipinski definition) is 4. The van der Waals surface area contributed by atoms with Gasteiger partial charge in [-0.15, -0.1) is 0 Å². The lowest BCUT2D eigenvalue weighted by Gasteiger charge is -2.26. The summed E-state index contributed by atoms with van der Waals surface area (Å²) in [7, 11) is -2.95. The second kappa shape index (κ2) is 3.23. The molecule has 1 saturated carbocycles. The molecule has 6 heteroatoms. The number of hydrogen-bond donors (Lipinski definition) is 1. The van der Waals surface area contributed by atoms with E-state index in [1.807, 2.05) is 4.68 Å². The van der Waals surface area contributed by atoms with Crippen LogP contribution in [0.1, 0.15) is 36.6 Å². The van der Waals surface area contributed by atoms with Gasteiger partial charge in [-0.2, -0.15) is 5.10 Å². The molecular formula is C10H15N3O2S. The molecule has 0 bridgehead atoms. The molecule has 1 aliphatic carbocycles. The molecule has 3 rings (SSSR count). The Balaban J connectivity index is 2.03. The van der Waals surface area contributed by atoms with Crippen LogP contribution in [0.3, 0.4) is 0 Å². The van der Waals surface area contributed by atoms with Gasteiger partial charge >= 0.3 is 0 Å². The van der Waals surface area contributed by atoms with Crippen molar-refractivity contribution in [3.05, 3.63) is 11.3 Å². The van der Waals surface area contributed by atoms with Crippen LogP contribution in [0, 0.1) is 0 Å². The van der Waals surface area contributed by atoms with E-state index in [0.717, 1.165) is 18.4 Å². The lowest BCUT2D eigenvalue weighted by atomic mass is 9.93. The summed E-state index contributed by atoms with van der Waals surface area (Å²) >= 11 is 0. The molecule has 0 spiro atoms. The van der Waals surface area contributed by atoms with E-state index in [1.54, 1.807) is 0 Å². The van der Waals surface area contributed by atoms with Gasteiger partial charge in [0, 0.05) is 5.56 Å². The molecule has 16 heavy (non-hydrogen) atoms. The van der Waals surface area contributed by atoms with Crippen LogP contribution in [0.5, 0.6) is 0 Å². The fourth-order valence-corrected chi connectivity index (χ4v) is 3.67. The zero-order valence-corrected chi connectivity index (χ0v) is 9.83. The Kier molecular flexibility index (Phi) is 2.04. The zero-order chi connectivity index (χ0) is 11.3. The van der Waals surface area contributed by atoms with E-state index in [-0.39, 0.29) is 11.5 Å². The van der Waals surface area contributed by atoms with Crippen LogP contribution in [-0.2, 0) is 22.0 Å². The highest BCUT2D eigenvalue weighted by Gasteiger charge is 2.30. The molecule has 1 aliphatic heterocycles. The van der Waals surface area contributed by atoms with Gasteiger partial charge in [-0.25, -0.2) is 13.1 Å². The number of sulfone groups is 1. The fraction of sp³-hybridized carbons (Fsp3) is 0.700. The maximum absolute atomic E-state index is 11.5. The summed E-state index contributed by atoms with van der Waals surface area (Å²) in [5.41, 5.74) is 7.67. The Bertz CT molecular complexity index is 529. The normalized spacial score (nSPS) is 23.8. The maximum Gasteiger partial charge on any atom is 0.156 e. The maximum atomic E-state index is 11.5. The second-order valence-electron chi connectivity index (χ2n) is 4.68. The predicted molar refractivity (Wildman–Crippen MR) is 60.7 cm³/mol. The molecule has 5 nitrogen and oxygen atoms in total. The molecule has 0 atom stereocenters. The molecule has 1 aromatic heterocycles. The summed E-state index contributed by atoms with van der Waals surface area (Å²) in [5.74, 6) is 0.960. The molecular weight excluding hydrogens is 226 g/mol. The Morgan fingerprint density at radius 3 is 2.75 bits per heavy atom. The van der Waals surface area contributed by atoms with Crippen molar-refractivity contribution >= 4 is 15.7 Å². The molecule has 0 amide bonds. The zero-order valence-electron chi connectivity index (χ0n) is 9.02. The van der Waals surface area contributed by atoms with E-state index in [0.29, 0.717) is 24.0 Å². The lowest BCUT2D eigenvalue weighted by molar-refractivity contribution is 0.292. The monoisotopic (exact) mass is 241 g/mol. The highest BCUT2D eigenvalue weighted by atomic mass is 32.2. The van der Waals surface area contributed by atoms with Crippen LogP contribution in [0.2, 0.25) is 0 Å². The van der Waals surface area contributed by atoms with E-state index in [1.165, 1.54) is 6.42 Å². The van der Waals surface area contributed by atoms with Crippen LogP contribution in [0.25, 0.3) is 0 Å². The molecule has 0 unspecified atom stereocenters. The Morgan fingerprint density at radius 1 is 1.38 bits per heavy atom. The summed E-state index contributed by atoms with van der Waals surface area (Å²) in [6.07, 6.45) is 3.96. The Morgan fingerprint density at radius 2 is 2.12 bits per heavy atom. The first-order valence-electron chi connectivity index (χ1n) is 5.63. The largest absolute Gasteiger partial charge is 0.384 e. The van der Waals surface area contributed by atoms with Crippen molar-refractivity contribution in [3.63, 3.8) is 0 Å². The fourth-order valence-electron chi connectivity index (χ4n) is 2.37. The Labute approximate surface area is 94.5 Å². The number of aromatic nitrogens is 2. The van der Waals surface area contributed by atoms with Crippen LogP contribution < -0.4 is 5.73 Å². The standard InChI is InChI=1S/C10H15N3O2S/c11-10-8-4-5-16(14,15)6-9(8)12-13(10)7-2-1-3-7/h7H,1-6,11H2. The Hall–Kier alpha value is -1.04. The molecule has 0 saturated heterocycles. The molecule has 88 valence electrons. The molecule has 2 aliphatic rings. The lowest BCUT2D eigenvalue weighted by Crippen LogP contribution is -2.20. The van der Waals surface area contributed by atoms with Gasteiger partial charge in [0.2, 0.25) is 0 Å². The van der Waals surface area contributed by atoms with Crippen molar-refractivity contribution in [1.29, 1.82) is 0 Å². The summed E-state index contributed by atoms with van der Waals surface area (Å²) in [6, 6.07) is 0.397. The summed E-state index contributed by atoms with van der Waals surface area (Å²) in [5, 5.41) is 4.38. The van der Waals surface area contributed by atoms with E-state index in [9.17, 15) is 8.42 Å². The minimum absolute atomic E-state index is 0.0618. The number of fused-ring (bicyclic) bond motifs is 1. The highest BCUT2D eigenvalue weighted by Crippen LogP contribution is 2.36. The molecule has 1 fully saturated rings. The van der Waals surface area contributed by atoms with Crippen molar-refractivity contribution in [2.24, 2.45) is 0 Å². The minimum Gasteiger partial charge on any atom is -0.384 e. The first-order chi connectivity index (χ1) is 7.57. The van der Waals surface area contributed by atoms with Gasteiger partial charge in [0.15, 0.2) is 9.84 Å². The van der Waals surface area contributed by atoms with Gasteiger partial charge in [0.05, 0.1) is 23.2 Å². The van der Waals surface area contributed by atoms with Gasteiger partial charge < -0.3 is 5.73 Å². The third-order valence-electron chi connectivity index (χ3n) is 3.57. The van der Waals surface area contributed by atoms with E-state index >= 15 is 0 Å². The van der Waals surface area contributed by atoms with E-state index < -0.39 is 9.84 Å². The van der Waals surface area contributed by atoms with Gasteiger partial charge in [-0.1, -0.05) is 0 Å².